The van der Waals surface area contributed by atoms with Crippen LogP contribution in [0.25, 0.3) is 0 Å². The number of amides is 1. The van der Waals surface area contributed by atoms with Crippen LogP contribution in [0, 0.1) is 5.92 Å². The molecule has 25 heavy (non-hydrogen) atoms. The molecule has 1 N–H and O–H groups in total. The van der Waals surface area contributed by atoms with E-state index in [1.165, 1.54) is 31.2 Å². The number of rotatable bonds is 6. The second-order valence-electron chi connectivity index (χ2n) is 7.86. The quantitative estimate of drug-likeness (QED) is 0.845. The highest BCUT2D eigenvalue weighted by Gasteiger charge is 2.42. The van der Waals surface area contributed by atoms with Crippen molar-refractivity contribution in [2.24, 2.45) is 5.92 Å². The summed E-state index contributed by atoms with van der Waals surface area (Å²) in [6.07, 6.45) is 4.94. The molecule has 0 radical (unpaired) electrons. The lowest BCUT2D eigenvalue weighted by molar-refractivity contribution is -0.136. The molecule has 0 bridgehead atoms. The zero-order valence-corrected chi connectivity index (χ0v) is 15.7. The van der Waals surface area contributed by atoms with Crippen molar-refractivity contribution >= 4 is 17.5 Å². The Morgan fingerprint density at radius 3 is 2.84 bits per heavy atom. The summed E-state index contributed by atoms with van der Waals surface area (Å²) >= 11 is 6.19. The average Bonchev–Trinajstić information content (AvgIpc) is 3.47. The van der Waals surface area contributed by atoms with Crippen LogP contribution in [0.2, 0.25) is 5.02 Å². The number of hydrogen-bond acceptors (Lipinski definition) is 3. The molecule has 2 atom stereocenters. The molecular weight excluding hydrogens is 334 g/mol. The van der Waals surface area contributed by atoms with Gasteiger partial charge in [0.1, 0.15) is 0 Å². The lowest BCUT2D eigenvalue weighted by atomic mass is 10.0. The van der Waals surface area contributed by atoms with Gasteiger partial charge in [-0.1, -0.05) is 23.7 Å². The normalized spacial score (nSPS) is 25.6. The van der Waals surface area contributed by atoms with Crippen molar-refractivity contribution in [2.75, 3.05) is 26.2 Å². The first-order chi connectivity index (χ1) is 12.1. The van der Waals surface area contributed by atoms with Crippen LogP contribution >= 0.6 is 11.6 Å². The third-order valence-electron chi connectivity index (χ3n) is 5.90. The summed E-state index contributed by atoms with van der Waals surface area (Å²) in [5, 5.41) is 4.22. The van der Waals surface area contributed by atoms with Gasteiger partial charge in [0, 0.05) is 42.8 Å². The first-order valence-electron chi connectivity index (χ1n) is 9.65. The maximum Gasteiger partial charge on any atom is 0.237 e. The topological polar surface area (TPSA) is 35.6 Å². The smallest absolute Gasteiger partial charge is 0.237 e. The van der Waals surface area contributed by atoms with Gasteiger partial charge in [-0.25, -0.2) is 0 Å². The molecule has 1 heterocycles. The van der Waals surface area contributed by atoms with Gasteiger partial charge in [-0.15, -0.1) is 0 Å². The first kappa shape index (κ1) is 17.3. The van der Waals surface area contributed by atoms with Gasteiger partial charge in [-0.3, -0.25) is 9.69 Å². The molecule has 5 heteroatoms. The molecule has 2 aliphatic carbocycles. The summed E-state index contributed by atoms with van der Waals surface area (Å²) in [6, 6.07) is 9.17. The molecule has 1 amide bonds. The van der Waals surface area contributed by atoms with E-state index in [1.54, 1.807) is 0 Å². The molecular formula is C20H28ClN3O. The van der Waals surface area contributed by atoms with Crippen molar-refractivity contribution in [1.29, 1.82) is 0 Å². The maximum atomic E-state index is 13.1. The number of halogens is 1. The van der Waals surface area contributed by atoms with Crippen LogP contribution < -0.4 is 5.32 Å². The van der Waals surface area contributed by atoms with Gasteiger partial charge in [0.2, 0.25) is 5.91 Å². The Hall–Kier alpha value is -1.10. The van der Waals surface area contributed by atoms with E-state index in [2.05, 4.69) is 28.1 Å². The Kier molecular flexibility index (Phi) is 5.03. The minimum Gasteiger partial charge on any atom is -0.336 e. The second kappa shape index (κ2) is 7.26. The summed E-state index contributed by atoms with van der Waals surface area (Å²) in [5.41, 5.74) is 1.20. The standard InChI is InChI=1S/C20H28ClN3O/c1-14(15-5-6-15)24(18-7-8-18)20(25)13-23-10-9-22-12-19(23)16-3-2-4-17(21)11-16/h2-4,11,14-15,18-19,22H,5-10,12-13H2,1H3. The second-order valence-corrected chi connectivity index (χ2v) is 8.29. The Morgan fingerprint density at radius 1 is 1.36 bits per heavy atom. The summed E-state index contributed by atoms with van der Waals surface area (Å²) in [5.74, 6) is 1.05. The van der Waals surface area contributed by atoms with Crippen LogP contribution in [0.15, 0.2) is 24.3 Å². The molecule has 2 saturated carbocycles. The van der Waals surface area contributed by atoms with Crippen molar-refractivity contribution in [3.63, 3.8) is 0 Å². The van der Waals surface area contributed by atoms with Crippen LogP contribution in [0.5, 0.6) is 0 Å². The summed E-state index contributed by atoms with van der Waals surface area (Å²) in [6.45, 7) is 5.48. The monoisotopic (exact) mass is 361 g/mol. The number of carbonyl (C=O) groups is 1. The van der Waals surface area contributed by atoms with Gasteiger partial charge in [-0.2, -0.15) is 0 Å². The Morgan fingerprint density at radius 2 is 2.16 bits per heavy atom. The minimum atomic E-state index is 0.216. The summed E-state index contributed by atoms with van der Waals surface area (Å²) < 4.78 is 0. The Balaban J connectivity index is 1.47. The number of carbonyl (C=O) groups excluding carboxylic acids is 1. The molecule has 3 fully saturated rings. The lowest BCUT2D eigenvalue weighted by Gasteiger charge is -2.38. The highest BCUT2D eigenvalue weighted by atomic mass is 35.5. The third kappa shape index (κ3) is 4.02. The fourth-order valence-corrected chi connectivity index (χ4v) is 4.35. The van der Waals surface area contributed by atoms with Crippen LogP contribution in [0.1, 0.15) is 44.2 Å². The van der Waals surface area contributed by atoms with E-state index in [0.717, 1.165) is 30.6 Å². The number of hydrogen-bond donors (Lipinski definition) is 1. The van der Waals surface area contributed by atoms with Gasteiger partial charge < -0.3 is 10.2 Å². The van der Waals surface area contributed by atoms with Gasteiger partial charge >= 0.3 is 0 Å². The van der Waals surface area contributed by atoms with E-state index in [1.807, 2.05) is 18.2 Å². The number of piperazine rings is 1. The molecule has 1 aromatic rings. The average molecular weight is 362 g/mol. The van der Waals surface area contributed by atoms with E-state index in [9.17, 15) is 4.79 Å². The molecule has 1 aliphatic heterocycles. The predicted molar refractivity (Wildman–Crippen MR) is 101 cm³/mol. The number of nitrogens with zero attached hydrogens (tertiary/aromatic N) is 2. The fraction of sp³-hybridized carbons (Fsp3) is 0.650. The van der Waals surface area contributed by atoms with E-state index in [4.69, 9.17) is 11.6 Å². The number of nitrogens with one attached hydrogen (secondary N) is 1. The van der Waals surface area contributed by atoms with Crippen molar-refractivity contribution in [3.05, 3.63) is 34.9 Å². The molecule has 0 spiro atoms. The van der Waals surface area contributed by atoms with Crippen LogP contribution in [-0.2, 0) is 4.79 Å². The highest BCUT2D eigenvalue weighted by molar-refractivity contribution is 6.30. The Labute approximate surface area is 155 Å². The first-order valence-corrected chi connectivity index (χ1v) is 10.0. The van der Waals surface area contributed by atoms with E-state index in [-0.39, 0.29) is 6.04 Å². The number of benzene rings is 1. The maximum absolute atomic E-state index is 13.1. The fourth-order valence-electron chi connectivity index (χ4n) is 4.16. The molecule has 1 aromatic carbocycles. The molecule has 3 aliphatic rings. The molecule has 0 aromatic heterocycles. The van der Waals surface area contributed by atoms with Gasteiger partial charge in [0.05, 0.1) is 6.54 Å². The third-order valence-corrected chi connectivity index (χ3v) is 6.13. The zero-order chi connectivity index (χ0) is 17.4. The zero-order valence-electron chi connectivity index (χ0n) is 15.0. The van der Waals surface area contributed by atoms with Crippen molar-refractivity contribution in [3.8, 4) is 0 Å². The molecule has 136 valence electrons. The summed E-state index contributed by atoms with van der Waals surface area (Å²) in [4.78, 5) is 17.7. The van der Waals surface area contributed by atoms with Gasteiger partial charge in [-0.05, 0) is 56.2 Å². The van der Waals surface area contributed by atoms with Gasteiger partial charge in [0.15, 0.2) is 0 Å². The molecule has 4 nitrogen and oxygen atoms in total. The largest absolute Gasteiger partial charge is 0.336 e. The molecule has 2 unspecified atom stereocenters. The molecule has 1 saturated heterocycles. The van der Waals surface area contributed by atoms with Gasteiger partial charge in [0.25, 0.3) is 0 Å². The molecule has 4 rings (SSSR count). The highest BCUT2D eigenvalue weighted by Crippen LogP contribution is 2.40. The lowest BCUT2D eigenvalue weighted by Crippen LogP contribution is -2.52. The minimum absolute atomic E-state index is 0.216. The van der Waals surface area contributed by atoms with Crippen LogP contribution in [-0.4, -0.2) is 54.0 Å². The van der Waals surface area contributed by atoms with Crippen molar-refractivity contribution < 1.29 is 4.79 Å². The van der Waals surface area contributed by atoms with E-state index < -0.39 is 0 Å². The van der Waals surface area contributed by atoms with Crippen LogP contribution in [0.3, 0.4) is 0 Å². The SMILES string of the molecule is CC(C1CC1)N(C(=O)CN1CCNCC1c1cccc(Cl)c1)C1CC1. The summed E-state index contributed by atoms with van der Waals surface area (Å²) in [7, 11) is 0. The predicted octanol–water partition coefficient (Wildman–Crippen LogP) is 3.08. The Bertz CT molecular complexity index is 629. The van der Waals surface area contributed by atoms with E-state index in [0.29, 0.717) is 24.5 Å². The van der Waals surface area contributed by atoms with Crippen LogP contribution in [0.4, 0.5) is 0 Å². The van der Waals surface area contributed by atoms with Crippen molar-refractivity contribution in [2.45, 2.75) is 50.7 Å². The van der Waals surface area contributed by atoms with Crippen molar-refractivity contribution in [1.82, 2.24) is 15.1 Å². The van der Waals surface area contributed by atoms with E-state index >= 15 is 0 Å².